The molecule has 0 saturated carbocycles. The highest BCUT2D eigenvalue weighted by Crippen LogP contribution is 2.52. The number of rotatable bonds is 6. The van der Waals surface area contributed by atoms with Crippen LogP contribution in [0.25, 0.3) is 11.1 Å². The number of aryl methyl sites for hydroxylation is 1. The molecule has 0 bridgehead atoms. The Kier molecular flexibility index (Phi) is 6.63. The van der Waals surface area contributed by atoms with Crippen LogP contribution < -0.4 is 0 Å². The number of amides is 3. The molecule has 2 aromatic carbocycles. The average molecular weight is 562 g/mol. The minimum absolute atomic E-state index is 0.104. The van der Waals surface area contributed by atoms with Crippen LogP contribution in [-0.4, -0.2) is 56.3 Å². The minimum atomic E-state index is -4.83. The molecule has 3 amide bonds. The molecule has 1 saturated heterocycles. The molecular formula is C27H23F5N4O4. The number of hydrogen-bond acceptors (Lipinski definition) is 5. The van der Waals surface area contributed by atoms with Gasteiger partial charge >= 0.3 is 12.3 Å². The van der Waals surface area contributed by atoms with Crippen molar-refractivity contribution in [3.63, 3.8) is 0 Å². The van der Waals surface area contributed by atoms with Crippen LogP contribution in [0.15, 0.2) is 54.9 Å². The largest absolute Gasteiger partial charge is 0.427 e. The molecule has 0 radical (unpaired) electrons. The van der Waals surface area contributed by atoms with Crippen molar-refractivity contribution < 1.29 is 41.1 Å². The zero-order valence-electron chi connectivity index (χ0n) is 21.3. The molecule has 1 fully saturated rings. The number of alkyl halides is 4. The molecule has 0 unspecified atom stereocenters. The van der Waals surface area contributed by atoms with Crippen molar-refractivity contribution in [2.24, 2.45) is 7.05 Å². The van der Waals surface area contributed by atoms with E-state index in [0.717, 1.165) is 19.1 Å². The molecule has 2 heterocycles. The number of ether oxygens (including phenoxy) is 1. The molecule has 210 valence electrons. The van der Waals surface area contributed by atoms with Crippen LogP contribution in [0, 0.1) is 5.82 Å². The summed E-state index contributed by atoms with van der Waals surface area (Å²) in [7, 11) is 1.71. The normalized spacial score (nSPS) is 21.1. The summed E-state index contributed by atoms with van der Waals surface area (Å²) in [5, 5.41) is 4.08. The number of benzene rings is 2. The summed E-state index contributed by atoms with van der Waals surface area (Å²) in [6.45, 7) is -0.858. The van der Waals surface area contributed by atoms with Gasteiger partial charge < -0.3 is 9.64 Å². The predicted molar refractivity (Wildman–Crippen MR) is 129 cm³/mol. The van der Waals surface area contributed by atoms with E-state index in [0.29, 0.717) is 20.9 Å². The zero-order chi connectivity index (χ0) is 29.0. The number of fused-ring (bicyclic) bond motifs is 2. The van der Waals surface area contributed by atoms with E-state index in [1.807, 2.05) is 0 Å². The Morgan fingerprint density at radius 2 is 1.88 bits per heavy atom. The Bertz CT molecular complexity index is 1490. The van der Waals surface area contributed by atoms with Gasteiger partial charge in [0.15, 0.2) is 0 Å². The van der Waals surface area contributed by atoms with E-state index in [4.69, 9.17) is 4.74 Å². The van der Waals surface area contributed by atoms with Gasteiger partial charge in [0, 0.05) is 37.3 Å². The summed E-state index contributed by atoms with van der Waals surface area (Å²) in [6.07, 6.45) is -5.02. The molecular weight excluding hydrogens is 539 g/mol. The van der Waals surface area contributed by atoms with Crippen molar-refractivity contribution in [1.29, 1.82) is 0 Å². The highest BCUT2D eigenvalue weighted by molar-refractivity contribution is 6.06. The van der Waals surface area contributed by atoms with Crippen LogP contribution in [0.2, 0.25) is 0 Å². The number of aromatic nitrogens is 2. The molecule has 1 aliphatic carbocycles. The molecule has 3 aromatic rings. The van der Waals surface area contributed by atoms with E-state index in [9.17, 15) is 31.9 Å². The number of hydrogen-bond donors (Lipinski definition) is 0. The van der Waals surface area contributed by atoms with Gasteiger partial charge in [0.1, 0.15) is 24.6 Å². The molecule has 3 atom stereocenters. The number of nitrogens with zero attached hydrogens (tertiary/aromatic N) is 4. The average Bonchev–Trinajstić information content (AvgIpc) is 3.52. The van der Waals surface area contributed by atoms with Crippen LogP contribution >= 0.6 is 0 Å². The first kappa shape index (κ1) is 27.3. The summed E-state index contributed by atoms with van der Waals surface area (Å²) in [6, 6.07) is 6.81. The van der Waals surface area contributed by atoms with E-state index in [1.54, 1.807) is 30.2 Å². The van der Waals surface area contributed by atoms with Crippen molar-refractivity contribution in [2.75, 3.05) is 6.54 Å². The molecule has 2 aliphatic rings. The lowest BCUT2D eigenvalue weighted by atomic mass is 9.93. The maximum atomic E-state index is 15.2. The Morgan fingerprint density at radius 3 is 2.50 bits per heavy atom. The second kappa shape index (κ2) is 9.72. The van der Waals surface area contributed by atoms with Crippen molar-refractivity contribution in [1.82, 2.24) is 19.6 Å². The van der Waals surface area contributed by atoms with Gasteiger partial charge in [0.25, 0.3) is 5.91 Å². The van der Waals surface area contributed by atoms with Gasteiger partial charge in [0.2, 0.25) is 11.5 Å². The van der Waals surface area contributed by atoms with Crippen LogP contribution in [-0.2, 0) is 33.5 Å². The first-order chi connectivity index (χ1) is 18.8. The molecule has 8 nitrogen and oxygen atoms in total. The van der Waals surface area contributed by atoms with E-state index in [-0.39, 0.29) is 16.7 Å². The van der Waals surface area contributed by atoms with E-state index >= 15 is 4.39 Å². The van der Waals surface area contributed by atoms with Gasteiger partial charge in [-0.15, -0.1) is 0 Å². The lowest BCUT2D eigenvalue weighted by Gasteiger charge is -2.31. The van der Waals surface area contributed by atoms with Gasteiger partial charge in [0.05, 0.1) is 6.20 Å². The Hall–Kier alpha value is -4.29. The van der Waals surface area contributed by atoms with Gasteiger partial charge in [-0.25, -0.2) is 18.5 Å². The molecule has 1 spiro atoms. The van der Waals surface area contributed by atoms with E-state index in [2.05, 4.69) is 5.10 Å². The van der Waals surface area contributed by atoms with Crippen molar-refractivity contribution in [2.45, 2.75) is 43.9 Å². The quantitative estimate of drug-likeness (QED) is 0.404. The second-order valence-corrected chi connectivity index (χ2v) is 9.83. The molecule has 5 rings (SSSR count). The fourth-order valence-electron chi connectivity index (χ4n) is 5.03. The van der Waals surface area contributed by atoms with Gasteiger partial charge in [-0.05, 0) is 41.8 Å². The van der Waals surface area contributed by atoms with Crippen LogP contribution in [0.4, 0.5) is 26.7 Å². The fourth-order valence-corrected chi connectivity index (χ4v) is 5.03. The van der Waals surface area contributed by atoms with E-state index < -0.39 is 67.2 Å². The lowest BCUT2D eigenvalue weighted by Crippen LogP contribution is -2.51. The SMILES string of the molecule is C[C@H](N(Cc1ccc(F)cc1)C(=O)CN1C(=O)O[C@]2(C[C@@H](F)c3cc(-c4cnn(C)c4)ccc32)C1=O)C(F)(F)F. The predicted octanol–water partition coefficient (Wildman–Crippen LogP) is 4.79. The summed E-state index contributed by atoms with van der Waals surface area (Å²) >= 11 is 0. The smallest absolute Gasteiger partial charge is 0.418 e. The fraction of sp³-hybridized carbons (Fsp3) is 0.333. The minimum Gasteiger partial charge on any atom is -0.427 e. The van der Waals surface area contributed by atoms with Gasteiger partial charge in [-0.3, -0.25) is 14.3 Å². The number of carbonyl (C=O) groups is 3. The standard InChI is InChI=1S/C27H23F5N4O4/c1-15(27(30,31)32)35(12-16-3-6-19(28)7-4-16)23(37)14-36-24(38)26(40-25(36)39)10-22(29)20-9-17(5-8-21(20)26)18-11-33-34(2)13-18/h3-9,11,13,15,22H,10,12,14H2,1-2H3/t15-,22+,26-/m0/s1. The first-order valence-corrected chi connectivity index (χ1v) is 12.2. The molecule has 13 heteroatoms. The monoisotopic (exact) mass is 562 g/mol. The third kappa shape index (κ3) is 4.69. The van der Waals surface area contributed by atoms with Crippen LogP contribution in [0.3, 0.4) is 0 Å². The summed E-state index contributed by atoms with van der Waals surface area (Å²) in [5.74, 6) is -2.85. The third-order valence-electron chi connectivity index (χ3n) is 7.22. The summed E-state index contributed by atoms with van der Waals surface area (Å²) < 4.78 is 76.3. The van der Waals surface area contributed by atoms with Crippen molar-refractivity contribution in [3.05, 3.63) is 77.4 Å². The van der Waals surface area contributed by atoms with Gasteiger partial charge in [-0.2, -0.15) is 18.3 Å². The zero-order valence-corrected chi connectivity index (χ0v) is 21.3. The number of halogens is 5. The molecule has 1 aliphatic heterocycles. The summed E-state index contributed by atoms with van der Waals surface area (Å²) in [5.41, 5.74) is -0.302. The van der Waals surface area contributed by atoms with Gasteiger partial charge in [-0.1, -0.05) is 24.3 Å². The topological polar surface area (TPSA) is 84.7 Å². The van der Waals surface area contributed by atoms with E-state index in [1.165, 1.54) is 24.3 Å². The Balaban J connectivity index is 1.41. The second-order valence-electron chi connectivity index (χ2n) is 9.83. The van der Waals surface area contributed by atoms with Crippen molar-refractivity contribution >= 4 is 17.9 Å². The maximum Gasteiger partial charge on any atom is 0.418 e. The molecule has 1 aromatic heterocycles. The summed E-state index contributed by atoms with van der Waals surface area (Å²) in [4.78, 5) is 40.3. The number of carbonyl (C=O) groups excluding carboxylic acids is 3. The lowest BCUT2D eigenvalue weighted by molar-refractivity contribution is -0.187. The third-order valence-corrected chi connectivity index (χ3v) is 7.22. The molecule has 40 heavy (non-hydrogen) atoms. The Labute approximate surface area is 224 Å². The first-order valence-electron chi connectivity index (χ1n) is 12.2. The van der Waals surface area contributed by atoms with Crippen LogP contribution in [0.5, 0.6) is 0 Å². The number of imide groups is 1. The Morgan fingerprint density at radius 1 is 1.18 bits per heavy atom. The van der Waals surface area contributed by atoms with Crippen molar-refractivity contribution in [3.8, 4) is 11.1 Å². The molecule has 0 N–H and O–H groups in total. The van der Waals surface area contributed by atoms with Crippen LogP contribution in [0.1, 0.15) is 36.2 Å². The highest BCUT2D eigenvalue weighted by Gasteiger charge is 2.61. The maximum absolute atomic E-state index is 15.2. The highest BCUT2D eigenvalue weighted by atomic mass is 19.4.